The molecule has 112 valence electrons. The number of ether oxygens (including phenoxy) is 1. The summed E-state index contributed by atoms with van der Waals surface area (Å²) in [7, 11) is 0. The van der Waals surface area contributed by atoms with Gasteiger partial charge in [-0.05, 0) is 31.9 Å². The minimum absolute atomic E-state index is 0.0190. The molecule has 0 aromatic heterocycles. The van der Waals surface area contributed by atoms with Crippen LogP contribution < -0.4 is 9.64 Å². The molecule has 2 saturated heterocycles. The molecule has 3 rings (SSSR count). The first-order valence-electron chi connectivity index (χ1n) is 7.55. The summed E-state index contributed by atoms with van der Waals surface area (Å²) in [6.45, 7) is 3.60. The van der Waals surface area contributed by atoms with Crippen molar-refractivity contribution in [2.45, 2.75) is 32.2 Å². The van der Waals surface area contributed by atoms with Gasteiger partial charge in [-0.2, -0.15) is 0 Å². The standard InChI is InChI=1S/C16H20N2O3/c1-2-21-14-8-4-3-6-12(14)18-11-9-15(19)17-10-5-7-13(17)16(18)20/h3-4,6,8,13H,2,5,7,9-11H2,1H3. The van der Waals surface area contributed by atoms with Crippen molar-refractivity contribution in [1.82, 2.24) is 4.90 Å². The Hall–Kier alpha value is -2.04. The SMILES string of the molecule is CCOc1ccccc1N1CCC(=O)N2CCCC2C1=O. The first-order chi connectivity index (χ1) is 10.2. The zero-order valence-corrected chi connectivity index (χ0v) is 12.2. The van der Waals surface area contributed by atoms with E-state index < -0.39 is 0 Å². The molecule has 0 N–H and O–H groups in total. The molecular weight excluding hydrogens is 268 g/mol. The summed E-state index contributed by atoms with van der Waals surface area (Å²) in [5, 5.41) is 0. The molecule has 0 bridgehead atoms. The third-order valence-electron chi connectivity index (χ3n) is 4.13. The van der Waals surface area contributed by atoms with Crippen LogP contribution in [0.3, 0.4) is 0 Å². The number of carbonyl (C=O) groups excluding carboxylic acids is 2. The molecule has 2 amide bonds. The fourth-order valence-corrected chi connectivity index (χ4v) is 3.16. The lowest BCUT2D eigenvalue weighted by atomic mass is 10.1. The van der Waals surface area contributed by atoms with Crippen LogP contribution in [0.1, 0.15) is 26.2 Å². The van der Waals surface area contributed by atoms with Gasteiger partial charge in [0.2, 0.25) is 11.8 Å². The third-order valence-corrected chi connectivity index (χ3v) is 4.13. The van der Waals surface area contributed by atoms with Gasteiger partial charge in [0.25, 0.3) is 0 Å². The molecule has 21 heavy (non-hydrogen) atoms. The van der Waals surface area contributed by atoms with Crippen molar-refractivity contribution in [3.63, 3.8) is 0 Å². The maximum Gasteiger partial charge on any atom is 0.249 e. The number of hydrogen-bond donors (Lipinski definition) is 0. The van der Waals surface area contributed by atoms with Gasteiger partial charge in [0.15, 0.2) is 0 Å². The van der Waals surface area contributed by atoms with Crippen molar-refractivity contribution in [1.29, 1.82) is 0 Å². The average molecular weight is 288 g/mol. The molecule has 2 aliphatic heterocycles. The summed E-state index contributed by atoms with van der Waals surface area (Å²) in [5.74, 6) is 0.806. The number of hydrogen-bond acceptors (Lipinski definition) is 3. The van der Waals surface area contributed by atoms with Crippen molar-refractivity contribution in [3.05, 3.63) is 24.3 Å². The minimum Gasteiger partial charge on any atom is -0.492 e. The highest BCUT2D eigenvalue weighted by Crippen LogP contribution is 2.32. The van der Waals surface area contributed by atoms with E-state index >= 15 is 0 Å². The summed E-state index contributed by atoms with van der Waals surface area (Å²) in [6, 6.07) is 7.24. The van der Waals surface area contributed by atoms with E-state index in [2.05, 4.69) is 0 Å². The molecule has 5 heteroatoms. The Morgan fingerprint density at radius 2 is 2.05 bits per heavy atom. The molecule has 0 spiro atoms. The molecule has 1 aromatic carbocycles. The monoisotopic (exact) mass is 288 g/mol. The maximum absolute atomic E-state index is 12.8. The van der Waals surface area contributed by atoms with Gasteiger partial charge < -0.3 is 14.5 Å². The van der Waals surface area contributed by atoms with Crippen molar-refractivity contribution in [2.75, 3.05) is 24.6 Å². The van der Waals surface area contributed by atoms with Crippen molar-refractivity contribution in [3.8, 4) is 5.75 Å². The van der Waals surface area contributed by atoms with Gasteiger partial charge in [-0.25, -0.2) is 0 Å². The van der Waals surface area contributed by atoms with E-state index in [4.69, 9.17) is 4.74 Å². The quantitative estimate of drug-likeness (QED) is 0.852. The minimum atomic E-state index is -0.297. The zero-order valence-electron chi connectivity index (χ0n) is 12.2. The fourth-order valence-electron chi connectivity index (χ4n) is 3.16. The number of anilines is 1. The van der Waals surface area contributed by atoms with Crippen molar-refractivity contribution < 1.29 is 14.3 Å². The molecule has 1 atom stereocenters. The summed E-state index contributed by atoms with van der Waals surface area (Å²) in [4.78, 5) is 28.4. The average Bonchev–Trinajstić information content (AvgIpc) is 2.94. The molecule has 0 aliphatic carbocycles. The van der Waals surface area contributed by atoms with Crippen molar-refractivity contribution >= 4 is 17.5 Å². The molecule has 2 aliphatic rings. The van der Waals surface area contributed by atoms with E-state index in [0.29, 0.717) is 31.9 Å². The summed E-state index contributed by atoms with van der Waals surface area (Å²) in [6.07, 6.45) is 2.05. The summed E-state index contributed by atoms with van der Waals surface area (Å²) < 4.78 is 5.63. The first kappa shape index (κ1) is 13.9. The van der Waals surface area contributed by atoms with Crippen LogP contribution in [-0.2, 0) is 9.59 Å². The summed E-state index contributed by atoms with van der Waals surface area (Å²) in [5.41, 5.74) is 0.769. The van der Waals surface area contributed by atoms with Gasteiger partial charge in [-0.1, -0.05) is 12.1 Å². The van der Waals surface area contributed by atoms with Gasteiger partial charge in [0.05, 0.1) is 12.3 Å². The Bertz CT molecular complexity index is 558. The van der Waals surface area contributed by atoms with Gasteiger partial charge >= 0.3 is 0 Å². The van der Waals surface area contributed by atoms with Crippen LogP contribution in [-0.4, -0.2) is 42.5 Å². The van der Waals surface area contributed by atoms with E-state index in [9.17, 15) is 9.59 Å². The topological polar surface area (TPSA) is 49.9 Å². The van der Waals surface area contributed by atoms with Crippen LogP contribution >= 0.6 is 0 Å². The van der Waals surface area contributed by atoms with Gasteiger partial charge in [-0.15, -0.1) is 0 Å². The number of benzene rings is 1. The van der Waals surface area contributed by atoms with Crippen LogP contribution in [0.5, 0.6) is 5.75 Å². The Morgan fingerprint density at radius 1 is 1.24 bits per heavy atom. The van der Waals surface area contributed by atoms with Gasteiger partial charge in [-0.3, -0.25) is 9.59 Å². The normalized spacial score (nSPS) is 22.2. The Balaban J connectivity index is 1.94. The highest BCUT2D eigenvalue weighted by molar-refractivity contribution is 6.02. The lowest BCUT2D eigenvalue weighted by molar-refractivity contribution is -0.135. The lowest BCUT2D eigenvalue weighted by Gasteiger charge is -2.26. The molecule has 1 aromatic rings. The highest BCUT2D eigenvalue weighted by atomic mass is 16.5. The maximum atomic E-state index is 12.8. The largest absolute Gasteiger partial charge is 0.492 e. The van der Waals surface area contributed by atoms with Crippen LogP contribution in [0.15, 0.2) is 24.3 Å². The number of rotatable bonds is 3. The van der Waals surface area contributed by atoms with Gasteiger partial charge in [0, 0.05) is 19.5 Å². The molecule has 5 nitrogen and oxygen atoms in total. The highest BCUT2D eigenvalue weighted by Gasteiger charge is 2.40. The second kappa shape index (κ2) is 5.76. The first-order valence-corrected chi connectivity index (χ1v) is 7.55. The molecule has 0 radical (unpaired) electrons. The summed E-state index contributed by atoms with van der Waals surface area (Å²) >= 11 is 0. The Kier molecular flexibility index (Phi) is 3.82. The van der Waals surface area contributed by atoms with E-state index in [-0.39, 0.29) is 17.9 Å². The van der Waals surface area contributed by atoms with E-state index in [0.717, 1.165) is 18.5 Å². The Labute approximate surface area is 124 Å². The number of para-hydroxylation sites is 2. The number of nitrogens with zero attached hydrogens (tertiary/aromatic N) is 2. The molecule has 1 unspecified atom stereocenters. The van der Waals surface area contributed by atoms with Crippen LogP contribution in [0.4, 0.5) is 5.69 Å². The fraction of sp³-hybridized carbons (Fsp3) is 0.500. The van der Waals surface area contributed by atoms with E-state index in [1.807, 2.05) is 31.2 Å². The predicted octanol–water partition coefficient (Wildman–Crippen LogP) is 1.81. The molecular formula is C16H20N2O3. The zero-order chi connectivity index (χ0) is 14.8. The van der Waals surface area contributed by atoms with E-state index in [1.54, 1.807) is 9.80 Å². The lowest BCUT2D eigenvalue weighted by Crippen LogP contribution is -2.43. The second-order valence-corrected chi connectivity index (χ2v) is 5.39. The number of fused-ring (bicyclic) bond motifs is 1. The third kappa shape index (κ3) is 2.48. The smallest absolute Gasteiger partial charge is 0.249 e. The van der Waals surface area contributed by atoms with Crippen LogP contribution in [0, 0.1) is 0 Å². The van der Waals surface area contributed by atoms with Crippen LogP contribution in [0.25, 0.3) is 0 Å². The predicted molar refractivity (Wildman–Crippen MR) is 79.3 cm³/mol. The Morgan fingerprint density at radius 3 is 2.86 bits per heavy atom. The van der Waals surface area contributed by atoms with E-state index in [1.165, 1.54) is 0 Å². The van der Waals surface area contributed by atoms with Crippen molar-refractivity contribution in [2.24, 2.45) is 0 Å². The van der Waals surface area contributed by atoms with Gasteiger partial charge in [0.1, 0.15) is 11.8 Å². The van der Waals surface area contributed by atoms with Crippen LogP contribution in [0.2, 0.25) is 0 Å². The molecule has 2 heterocycles. The molecule has 0 saturated carbocycles. The second-order valence-electron chi connectivity index (χ2n) is 5.39. The number of carbonyl (C=O) groups is 2. The number of amides is 2. The molecule has 2 fully saturated rings.